The van der Waals surface area contributed by atoms with Gasteiger partial charge in [0.1, 0.15) is 5.67 Å². The standard InChI is InChI=1S/C14H18FNO2/c1-14(15)7-8-16-12(9-14)10-3-5-11(6-4-10)13(17)18-2/h3-6,12,16H,7-9H2,1-2H3. The van der Waals surface area contributed by atoms with E-state index in [1.165, 1.54) is 7.11 Å². The van der Waals surface area contributed by atoms with E-state index in [-0.39, 0.29) is 12.0 Å². The van der Waals surface area contributed by atoms with Crippen molar-refractivity contribution in [2.24, 2.45) is 0 Å². The van der Waals surface area contributed by atoms with Crippen molar-refractivity contribution in [2.75, 3.05) is 13.7 Å². The lowest BCUT2D eigenvalue weighted by Gasteiger charge is -2.33. The summed E-state index contributed by atoms with van der Waals surface area (Å²) in [6.45, 7) is 2.32. The molecule has 98 valence electrons. The molecule has 3 nitrogen and oxygen atoms in total. The van der Waals surface area contributed by atoms with Gasteiger partial charge < -0.3 is 10.1 Å². The number of alkyl halides is 1. The molecule has 0 saturated carbocycles. The van der Waals surface area contributed by atoms with Crippen LogP contribution in [0.1, 0.15) is 41.7 Å². The highest BCUT2D eigenvalue weighted by atomic mass is 19.1. The smallest absolute Gasteiger partial charge is 0.337 e. The third-order valence-corrected chi connectivity index (χ3v) is 3.40. The van der Waals surface area contributed by atoms with Gasteiger partial charge in [0.25, 0.3) is 0 Å². The summed E-state index contributed by atoms with van der Waals surface area (Å²) in [5, 5.41) is 3.30. The Morgan fingerprint density at radius 2 is 2.11 bits per heavy atom. The molecule has 1 saturated heterocycles. The number of nitrogens with one attached hydrogen (secondary N) is 1. The van der Waals surface area contributed by atoms with E-state index in [4.69, 9.17) is 0 Å². The molecule has 2 atom stereocenters. The number of hydrogen-bond donors (Lipinski definition) is 1. The monoisotopic (exact) mass is 251 g/mol. The number of ether oxygens (including phenoxy) is 1. The summed E-state index contributed by atoms with van der Waals surface area (Å²) in [6, 6.07) is 7.15. The van der Waals surface area contributed by atoms with E-state index in [1.807, 2.05) is 12.1 Å². The Labute approximate surface area is 106 Å². The van der Waals surface area contributed by atoms with Crippen LogP contribution < -0.4 is 5.32 Å². The van der Waals surface area contributed by atoms with Gasteiger partial charge in [-0.15, -0.1) is 0 Å². The fraction of sp³-hybridized carbons (Fsp3) is 0.500. The maximum absolute atomic E-state index is 14.0. The Balaban J connectivity index is 2.12. The van der Waals surface area contributed by atoms with Gasteiger partial charge in [-0.05, 0) is 37.6 Å². The van der Waals surface area contributed by atoms with Crippen molar-refractivity contribution >= 4 is 5.97 Å². The maximum atomic E-state index is 14.0. The molecule has 0 radical (unpaired) electrons. The zero-order chi connectivity index (χ0) is 13.2. The Morgan fingerprint density at radius 3 is 2.67 bits per heavy atom. The molecule has 1 N–H and O–H groups in total. The van der Waals surface area contributed by atoms with E-state index in [2.05, 4.69) is 10.1 Å². The van der Waals surface area contributed by atoms with Crippen LogP contribution in [0.15, 0.2) is 24.3 Å². The zero-order valence-electron chi connectivity index (χ0n) is 10.7. The van der Waals surface area contributed by atoms with Crippen molar-refractivity contribution < 1.29 is 13.9 Å². The molecular weight excluding hydrogens is 233 g/mol. The van der Waals surface area contributed by atoms with Crippen LogP contribution in [0.3, 0.4) is 0 Å². The average Bonchev–Trinajstić information content (AvgIpc) is 2.37. The van der Waals surface area contributed by atoms with Crippen LogP contribution in [0.2, 0.25) is 0 Å². The second-order valence-electron chi connectivity index (χ2n) is 4.99. The minimum absolute atomic E-state index is 0.0143. The molecule has 0 aromatic heterocycles. The Kier molecular flexibility index (Phi) is 3.66. The number of esters is 1. The first kappa shape index (κ1) is 13.0. The van der Waals surface area contributed by atoms with E-state index in [0.29, 0.717) is 24.9 Å². The molecule has 0 amide bonds. The van der Waals surface area contributed by atoms with Crippen molar-refractivity contribution in [1.29, 1.82) is 0 Å². The molecule has 0 aliphatic carbocycles. The molecule has 2 rings (SSSR count). The quantitative estimate of drug-likeness (QED) is 0.821. The third-order valence-electron chi connectivity index (χ3n) is 3.40. The van der Waals surface area contributed by atoms with E-state index in [0.717, 1.165) is 5.56 Å². The Morgan fingerprint density at radius 1 is 1.44 bits per heavy atom. The first-order valence-electron chi connectivity index (χ1n) is 6.12. The Hall–Kier alpha value is -1.42. The van der Waals surface area contributed by atoms with Gasteiger partial charge in [-0.25, -0.2) is 9.18 Å². The second-order valence-corrected chi connectivity index (χ2v) is 4.99. The number of hydrogen-bond acceptors (Lipinski definition) is 3. The van der Waals surface area contributed by atoms with Crippen LogP contribution in [0, 0.1) is 0 Å². The van der Waals surface area contributed by atoms with Crippen molar-refractivity contribution in [1.82, 2.24) is 5.32 Å². The van der Waals surface area contributed by atoms with Crippen molar-refractivity contribution in [2.45, 2.75) is 31.5 Å². The lowest BCUT2D eigenvalue weighted by molar-refractivity contribution is 0.0600. The van der Waals surface area contributed by atoms with Gasteiger partial charge in [-0.3, -0.25) is 0 Å². The van der Waals surface area contributed by atoms with Gasteiger partial charge in [0.05, 0.1) is 12.7 Å². The Bertz CT molecular complexity index is 428. The number of carbonyl (C=O) groups excluding carboxylic acids is 1. The zero-order valence-corrected chi connectivity index (χ0v) is 10.7. The van der Waals surface area contributed by atoms with Gasteiger partial charge >= 0.3 is 5.97 Å². The normalized spacial score (nSPS) is 27.8. The van der Waals surface area contributed by atoms with E-state index >= 15 is 0 Å². The second kappa shape index (κ2) is 5.06. The summed E-state index contributed by atoms with van der Waals surface area (Å²) in [4.78, 5) is 11.3. The highest BCUT2D eigenvalue weighted by molar-refractivity contribution is 5.89. The van der Waals surface area contributed by atoms with Crippen LogP contribution >= 0.6 is 0 Å². The van der Waals surface area contributed by atoms with Crippen LogP contribution in [0.25, 0.3) is 0 Å². The molecule has 0 bridgehead atoms. The first-order chi connectivity index (χ1) is 8.52. The lowest BCUT2D eigenvalue weighted by atomic mass is 9.87. The molecule has 4 heteroatoms. The fourth-order valence-electron chi connectivity index (χ4n) is 2.31. The van der Waals surface area contributed by atoms with Crippen LogP contribution in [-0.2, 0) is 4.74 Å². The number of rotatable bonds is 2. The topological polar surface area (TPSA) is 38.3 Å². The number of methoxy groups -OCH3 is 1. The van der Waals surface area contributed by atoms with Gasteiger partial charge in [0, 0.05) is 12.5 Å². The number of piperidine rings is 1. The number of carbonyl (C=O) groups is 1. The predicted molar refractivity (Wildman–Crippen MR) is 67.3 cm³/mol. The molecular formula is C14H18FNO2. The summed E-state index contributed by atoms with van der Waals surface area (Å²) in [5.41, 5.74) is 0.406. The van der Waals surface area contributed by atoms with E-state index in [9.17, 15) is 9.18 Å². The third kappa shape index (κ3) is 2.88. The SMILES string of the molecule is COC(=O)c1ccc(C2CC(C)(F)CCN2)cc1. The van der Waals surface area contributed by atoms with Gasteiger partial charge in [0.15, 0.2) is 0 Å². The van der Waals surface area contributed by atoms with Gasteiger partial charge in [-0.1, -0.05) is 12.1 Å². The molecule has 2 unspecified atom stereocenters. The van der Waals surface area contributed by atoms with Crippen molar-refractivity contribution in [3.8, 4) is 0 Å². The van der Waals surface area contributed by atoms with Gasteiger partial charge in [-0.2, -0.15) is 0 Å². The van der Waals surface area contributed by atoms with Crippen LogP contribution in [-0.4, -0.2) is 25.3 Å². The highest BCUT2D eigenvalue weighted by Crippen LogP contribution is 2.32. The van der Waals surface area contributed by atoms with Crippen LogP contribution in [0.5, 0.6) is 0 Å². The predicted octanol–water partition coefficient (Wildman–Crippen LogP) is 2.63. The molecule has 18 heavy (non-hydrogen) atoms. The number of benzene rings is 1. The summed E-state index contributed by atoms with van der Waals surface area (Å²) >= 11 is 0. The lowest BCUT2D eigenvalue weighted by Crippen LogP contribution is -2.38. The van der Waals surface area contributed by atoms with E-state index < -0.39 is 5.67 Å². The fourth-order valence-corrected chi connectivity index (χ4v) is 2.31. The molecule has 1 fully saturated rings. The summed E-state index contributed by atoms with van der Waals surface area (Å²) in [5.74, 6) is -0.353. The van der Waals surface area contributed by atoms with Crippen LogP contribution in [0.4, 0.5) is 4.39 Å². The molecule has 1 aromatic rings. The molecule has 1 aliphatic rings. The number of halogens is 1. The first-order valence-corrected chi connectivity index (χ1v) is 6.12. The summed E-state index contributed by atoms with van der Waals surface area (Å²) < 4.78 is 18.6. The molecule has 0 spiro atoms. The van der Waals surface area contributed by atoms with Crippen molar-refractivity contribution in [3.63, 3.8) is 0 Å². The summed E-state index contributed by atoms with van der Waals surface area (Å²) in [6.07, 6.45) is 1.01. The van der Waals surface area contributed by atoms with Gasteiger partial charge in [0.2, 0.25) is 0 Å². The van der Waals surface area contributed by atoms with E-state index in [1.54, 1.807) is 19.1 Å². The molecule has 1 aromatic carbocycles. The summed E-state index contributed by atoms with van der Waals surface area (Å²) in [7, 11) is 1.35. The van der Waals surface area contributed by atoms with Crippen molar-refractivity contribution in [3.05, 3.63) is 35.4 Å². The average molecular weight is 251 g/mol. The largest absolute Gasteiger partial charge is 0.465 e. The molecule has 1 aliphatic heterocycles. The highest BCUT2D eigenvalue weighted by Gasteiger charge is 2.32. The minimum Gasteiger partial charge on any atom is -0.465 e. The maximum Gasteiger partial charge on any atom is 0.337 e. The minimum atomic E-state index is -1.11. The molecule has 1 heterocycles.